The quantitative estimate of drug-likeness (QED) is 0.901. The van der Waals surface area contributed by atoms with Gasteiger partial charge < -0.3 is 15.3 Å². The van der Waals surface area contributed by atoms with Gasteiger partial charge in [0.25, 0.3) is 0 Å². The Labute approximate surface area is 118 Å². The van der Waals surface area contributed by atoms with Crippen LogP contribution in [0.4, 0.5) is 0 Å². The van der Waals surface area contributed by atoms with Gasteiger partial charge in [-0.05, 0) is 43.2 Å². The van der Waals surface area contributed by atoms with Crippen LogP contribution in [0.3, 0.4) is 0 Å². The fourth-order valence-electron chi connectivity index (χ4n) is 4.60. The zero-order valence-electron chi connectivity index (χ0n) is 11.6. The van der Waals surface area contributed by atoms with Gasteiger partial charge in [0.1, 0.15) is 17.4 Å². The molecular weight excluding hydrogens is 250 g/mol. The van der Waals surface area contributed by atoms with Gasteiger partial charge in [-0.25, -0.2) is 0 Å². The molecule has 0 radical (unpaired) electrons. The van der Waals surface area contributed by atoms with Gasteiger partial charge in [-0.2, -0.15) is 0 Å². The van der Waals surface area contributed by atoms with Crippen LogP contribution in [-0.4, -0.2) is 11.7 Å². The van der Waals surface area contributed by atoms with Crippen LogP contribution in [0, 0.1) is 17.3 Å². The number of para-hydroxylation sites is 1. The number of aliphatic hydroxyl groups excluding tert-OH is 1. The Balaban J connectivity index is 1.73. The van der Waals surface area contributed by atoms with E-state index in [4.69, 9.17) is 10.2 Å². The molecule has 2 aliphatic rings. The Morgan fingerprint density at radius 1 is 1.35 bits per heavy atom. The Bertz CT molecular complexity index is 602. The summed E-state index contributed by atoms with van der Waals surface area (Å²) < 4.78 is 5.87. The van der Waals surface area contributed by atoms with E-state index in [1.807, 2.05) is 30.3 Å². The standard InChI is InChI=1S/C17H21NO2/c18-10-17(9-11-5-6-13(17)7-11)16(19)15-8-12-3-1-2-4-14(12)20-15/h1-4,8,11,13,16,19H,5-7,9-10,18H2. The highest BCUT2D eigenvalue weighted by molar-refractivity contribution is 5.77. The van der Waals surface area contributed by atoms with E-state index in [-0.39, 0.29) is 5.41 Å². The first-order valence-electron chi connectivity index (χ1n) is 7.59. The molecule has 1 aromatic carbocycles. The average molecular weight is 271 g/mol. The van der Waals surface area contributed by atoms with Crippen LogP contribution in [0.2, 0.25) is 0 Å². The second-order valence-corrected chi connectivity index (χ2v) is 6.61. The summed E-state index contributed by atoms with van der Waals surface area (Å²) >= 11 is 0. The molecule has 4 rings (SSSR count). The highest BCUT2D eigenvalue weighted by Crippen LogP contribution is 2.60. The maximum absolute atomic E-state index is 10.9. The topological polar surface area (TPSA) is 59.4 Å². The number of hydrogen-bond donors (Lipinski definition) is 2. The average Bonchev–Trinajstić information content (AvgIpc) is 3.19. The van der Waals surface area contributed by atoms with Gasteiger partial charge in [-0.3, -0.25) is 0 Å². The van der Waals surface area contributed by atoms with Gasteiger partial charge in [0.15, 0.2) is 0 Å². The van der Waals surface area contributed by atoms with Crippen molar-refractivity contribution in [3.63, 3.8) is 0 Å². The minimum absolute atomic E-state index is 0.170. The molecule has 20 heavy (non-hydrogen) atoms. The molecule has 4 atom stereocenters. The molecular formula is C17H21NO2. The molecule has 2 aromatic rings. The number of fused-ring (bicyclic) bond motifs is 3. The zero-order valence-corrected chi connectivity index (χ0v) is 11.6. The molecule has 3 heteroatoms. The van der Waals surface area contributed by atoms with Crippen molar-refractivity contribution in [1.82, 2.24) is 0 Å². The van der Waals surface area contributed by atoms with Crippen molar-refractivity contribution in [2.45, 2.75) is 31.8 Å². The molecule has 2 bridgehead atoms. The lowest BCUT2D eigenvalue weighted by Crippen LogP contribution is -2.41. The monoisotopic (exact) mass is 271 g/mol. The number of nitrogens with two attached hydrogens (primary N) is 1. The molecule has 3 N–H and O–H groups in total. The smallest absolute Gasteiger partial charge is 0.134 e. The Hall–Kier alpha value is -1.32. The van der Waals surface area contributed by atoms with E-state index >= 15 is 0 Å². The fraction of sp³-hybridized carbons (Fsp3) is 0.529. The van der Waals surface area contributed by atoms with Crippen molar-refractivity contribution in [1.29, 1.82) is 0 Å². The predicted octanol–water partition coefficient (Wildman–Crippen LogP) is 3.23. The third-order valence-corrected chi connectivity index (χ3v) is 5.66. The second kappa shape index (κ2) is 4.34. The number of aliphatic hydroxyl groups is 1. The van der Waals surface area contributed by atoms with Gasteiger partial charge in [-0.15, -0.1) is 0 Å². The van der Waals surface area contributed by atoms with Crippen LogP contribution in [0.15, 0.2) is 34.7 Å². The molecule has 4 unspecified atom stereocenters. The first kappa shape index (κ1) is 12.4. The van der Waals surface area contributed by atoms with E-state index < -0.39 is 6.10 Å². The number of rotatable bonds is 3. The van der Waals surface area contributed by atoms with E-state index in [0.29, 0.717) is 18.2 Å². The van der Waals surface area contributed by atoms with Crippen molar-refractivity contribution in [2.24, 2.45) is 23.0 Å². The summed E-state index contributed by atoms with van der Waals surface area (Å²) in [6.07, 6.45) is 4.22. The lowest BCUT2D eigenvalue weighted by Gasteiger charge is -2.39. The summed E-state index contributed by atoms with van der Waals surface area (Å²) in [6.45, 7) is 0.548. The summed E-state index contributed by atoms with van der Waals surface area (Å²) in [4.78, 5) is 0. The van der Waals surface area contributed by atoms with Gasteiger partial charge in [-0.1, -0.05) is 24.6 Å². The maximum atomic E-state index is 10.9. The third-order valence-electron chi connectivity index (χ3n) is 5.66. The lowest BCUT2D eigenvalue weighted by atomic mass is 9.68. The maximum Gasteiger partial charge on any atom is 0.134 e. The normalized spacial score (nSPS) is 33.9. The van der Waals surface area contributed by atoms with Gasteiger partial charge in [0.05, 0.1) is 0 Å². The van der Waals surface area contributed by atoms with Crippen molar-refractivity contribution in [3.05, 3.63) is 36.1 Å². The van der Waals surface area contributed by atoms with E-state index in [1.165, 1.54) is 19.3 Å². The molecule has 0 saturated heterocycles. The summed E-state index contributed by atoms with van der Waals surface area (Å²) in [5, 5.41) is 12.0. The summed E-state index contributed by atoms with van der Waals surface area (Å²) in [5.41, 5.74) is 6.76. The van der Waals surface area contributed by atoms with Gasteiger partial charge >= 0.3 is 0 Å². The van der Waals surface area contributed by atoms with Crippen LogP contribution >= 0.6 is 0 Å². The molecule has 106 valence electrons. The molecule has 0 amide bonds. The molecule has 1 heterocycles. The van der Waals surface area contributed by atoms with Crippen molar-refractivity contribution < 1.29 is 9.52 Å². The molecule has 0 spiro atoms. The first-order chi connectivity index (χ1) is 9.73. The summed E-state index contributed by atoms with van der Waals surface area (Å²) in [6, 6.07) is 9.89. The zero-order chi connectivity index (χ0) is 13.7. The SMILES string of the molecule is NCC1(C(O)c2cc3ccccc3o2)CC2CCC1C2. The Kier molecular flexibility index (Phi) is 2.69. The Morgan fingerprint density at radius 3 is 2.85 bits per heavy atom. The van der Waals surface area contributed by atoms with Crippen LogP contribution < -0.4 is 5.73 Å². The molecule has 1 aromatic heterocycles. The first-order valence-corrected chi connectivity index (χ1v) is 7.59. The Morgan fingerprint density at radius 2 is 2.20 bits per heavy atom. The summed E-state index contributed by atoms with van der Waals surface area (Å²) in [7, 11) is 0. The van der Waals surface area contributed by atoms with Gasteiger partial charge in [0, 0.05) is 17.3 Å². The minimum Gasteiger partial charge on any atom is -0.458 e. The number of furan rings is 1. The molecule has 2 saturated carbocycles. The minimum atomic E-state index is -0.574. The highest BCUT2D eigenvalue weighted by atomic mass is 16.4. The van der Waals surface area contributed by atoms with Crippen LogP contribution in [0.25, 0.3) is 11.0 Å². The van der Waals surface area contributed by atoms with Crippen LogP contribution in [-0.2, 0) is 0 Å². The van der Waals surface area contributed by atoms with E-state index in [0.717, 1.165) is 23.3 Å². The largest absolute Gasteiger partial charge is 0.458 e. The second-order valence-electron chi connectivity index (χ2n) is 6.61. The third kappa shape index (κ3) is 1.60. The van der Waals surface area contributed by atoms with E-state index in [2.05, 4.69) is 0 Å². The number of hydrogen-bond acceptors (Lipinski definition) is 3. The molecule has 2 fully saturated rings. The predicted molar refractivity (Wildman–Crippen MR) is 78.1 cm³/mol. The van der Waals surface area contributed by atoms with Crippen molar-refractivity contribution >= 4 is 11.0 Å². The molecule has 3 nitrogen and oxygen atoms in total. The van der Waals surface area contributed by atoms with Crippen LogP contribution in [0.5, 0.6) is 0 Å². The van der Waals surface area contributed by atoms with E-state index in [9.17, 15) is 5.11 Å². The fourth-order valence-corrected chi connectivity index (χ4v) is 4.60. The molecule has 0 aliphatic heterocycles. The molecule has 2 aliphatic carbocycles. The summed E-state index contributed by atoms with van der Waals surface area (Å²) in [5.74, 6) is 1.99. The van der Waals surface area contributed by atoms with E-state index in [1.54, 1.807) is 0 Å². The van der Waals surface area contributed by atoms with Crippen molar-refractivity contribution in [3.8, 4) is 0 Å². The highest BCUT2D eigenvalue weighted by Gasteiger charge is 2.55. The van der Waals surface area contributed by atoms with Gasteiger partial charge in [0.2, 0.25) is 0 Å². The van der Waals surface area contributed by atoms with Crippen LogP contribution in [0.1, 0.15) is 37.5 Å². The lowest BCUT2D eigenvalue weighted by molar-refractivity contribution is -0.0251. The number of benzene rings is 1. The van der Waals surface area contributed by atoms with Crippen molar-refractivity contribution in [2.75, 3.05) is 6.54 Å².